The van der Waals surface area contributed by atoms with E-state index in [2.05, 4.69) is 22.1 Å². The third-order valence-corrected chi connectivity index (χ3v) is 5.15. The predicted octanol–water partition coefficient (Wildman–Crippen LogP) is 2.18. The molecular weight excluding hydrogens is 328 g/mol. The number of carbonyl (C=O) groups is 2. The summed E-state index contributed by atoms with van der Waals surface area (Å²) in [6.45, 7) is 2.96. The van der Waals surface area contributed by atoms with E-state index in [9.17, 15) is 9.59 Å². The molecule has 1 aliphatic heterocycles. The maximum Gasteiger partial charge on any atom is 0.292 e. The molecule has 0 saturated carbocycles. The largest absolute Gasteiger partial charge is 0.292 e. The Morgan fingerprint density at radius 1 is 1.04 bits per heavy atom. The Hall–Kier alpha value is -2.76. The molecule has 6 heteroatoms. The first-order valence-electron chi connectivity index (χ1n) is 9.09. The molecule has 1 saturated heterocycles. The van der Waals surface area contributed by atoms with E-state index in [0.29, 0.717) is 25.4 Å². The Morgan fingerprint density at radius 3 is 2.38 bits per heavy atom. The van der Waals surface area contributed by atoms with Crippen molar-refractivity contribution in [1.82, 2.24) is 20.0 Å². The van der Waals surface area contributed by atoms with Crippen molar-refractivity contribution in [3.63, 3.8) is 0 Å². The lowest BCUT2D eigenvalue weighted by Crippen LogP contribution is -2.45. The molecule has 1 fully saturated rings. The molecule has 0 spiro atoms. The molecule has 2 aromatic rings. The second-order valence-electron chi connectivity index (χ2n) is 7.09. The van der Waals surface area contributed by atoms with Crippen LogP contribution in [0.1, 0.15) is 40.2 Å². The molecule has 0 N–H and O–H groups in total. The average Bonchev–Trinajstić information content (AvgIpc) is 3.28. The van der Waals surface area contributed by atoms with E-state index in [1.165, 1.54) is 22.3 Å². The highest BCUT2D eigenvalue weighted by atomic mass is 16.2. The Kier molecular flexibility index (Phi) is 4.41. The van der Waals surface area contributed by atoms with Gasteiger partial charge >= 0.3 is 0 Å². The Labute approximate surface area is 152 Å². The van der Waals surface area contributed by atoms with Gasteiger partial charge in [0.1, 0.15) is 5.69 Å². The third kappa shape index (κ3) is 3.19. The minimum Gasteiger partial charge on any atom is -0.273 e. The van der Waals surface area contributed by atoms with E-state index >= 15 is 0 Å². The zero-order valence-electron chi connectivity index (χ0n) is 14.9. The molecule has 1 aromatic heterocycles. The summed E-state index contributed by atoms with van der Waals surface area (Å²) in [6.07, 6.45) is 6.19. The van der Waals surface area contributed by atoms with Crippen molar-refractivity contribution < 1.29 is 9.59 Å². The third-order valence-electron chi connectivity index (χ3n) is 5.15. The number of carbonyl (C=O) groups excluding carboxylic acids is 2. The van der Waals surface area contributed by atoms with Crippen molar-refractivity contribution >= 4 is 11.8 Å². The minimum atomic E-state index is -0.252. The van der Waals surface area contributed by atoms with Gasteiger partial charge in [0.05, 0.1) is 11.9 Å². The average molecular weight is 350 g/mol. The van der Waals surface area contributed by atoms with Gasteiger partial charge in [-0.3, -0.25) is 19.6 Å². The minimum absolute atomic E-state index is 0.0220. The number of fused-ring (bicyclic) bond motifs is 1. The molecule has 0 atom stereocenters. The van der Waals surface area contributed by atoms with Crippen LogP contribution in [0.2, 0.25) is 0 Å². The zero-order chi connectivity index (χ0) is 18.1. The van der Waals surface area contributed by atoms with Crippen molar-refractivity contribution in [2.45, 2.75) is 32.6 Å². The van der Waals surface area contributed by atoms with Gasteiger partial charge in [-0.2, -0.15) is 0 Å². The standard InChI is InChI=1S/C20H22N4O2/c1-14-12-22-18(13-21-14)20(26)24-8-4-7-23(24)19(25)11-15-9-16-5-2-3-6-17(16)10-15/h2-3,5-6,12-13,15H,4,7-11H2,1H3. The van der Waals surface area contributed by atoms with E-state index in [1.54, 1.807) is 11.2 Å². The van der Waals surface area contributed by atoms with Crippen LogP contribution in [0, 0.1) is 12.8 Å². The van der Waals surface area contributed by atoms with E-state index < -0.39 is 0 Å². The fourth-order valence-corrected chi connectivity index (χ4v) is 3.86. The summed E-state index contributed by atoms with van der Waals surface area (Å²) >= 11 is 0. The van der Waals surface area contributed by atoms with Crippen LogP contribution in [-0.2, 0) is 17.6 Å². The summed E-state index contributed by atoms with van der Waals surface area (Å²) in [6, 6.07) is 8.38. The molecule has 134 valence electrons. The van der Waals surface area contributed by atoms with Crippen molar-refractivity contribution in [2.24, 2.45) is 5.92 Å². The number of rotatable bonds is 3. The van der Waals surface area contributed by atoms with Crippen molar-refractivity contribution in [1.29, 1.82) is 0 Å². The number of aromatic nitrogens is 2. The van der Waals surface area contributed by atoms with Crippen molar-refractivity contribution in [2.75, 3.05) is 13.1 Å². The van der Waals surface area contributed by atoms with Gasteiger partial charge in [0, 0.05) is 25.7 Å². The number of amides is 2. The number of hydrazine groups is 1. The van der Waals surface area contributed by atoms with Gasteiger partial charge in [-0.15, -0.1) is 0 Å². The SMILES string of the molecule is Cc1cnc(C(=O)N2CCCN2C(=O)CC2Cc3ccccc3C2)cn1. The number of hydrogen-bond acceptors (Lipinski definition) is 4. The molecule has 2 aliphatic rings. The number of hydrogen-bond donors (Lipinski definition) is 0. The molecule has 0 unspecified atom stereocenters. The van der Waals surface area contributed by atoms with Crippen LogP contribution in [0.4, 0.5) is 0 Å². The van der Waals surface area contributed by atoms with Gasteiger partial charge in [-0.05, 0) is 43.2 Å². The lowest BCUT2D eigenvalue weighted by molar-refractivity contribution is -0.141. The topological polar surface area (TPSA) is 66.4 Å². The highest BCUT2D eigenvalue weighted by molar-refractivity contribution is 5.93. The van der Waals surface area contributed by atoms with Gasteiger partial charge in [0.2, 0.25) is 5.91 Å². The molecule has 0 radical (unpaired) electrons. The van der Waals surface area contributed by atoms with E-state index in [4.69, 9.17) is 0 Å². The molecular formula is C20H22N4O2. The quantitative estimate of drug-likeness (QED) is 0.851. The van der Waals surface area contributed by atoms with E-state index in [0.717, 1.165) is 25.0 Å². The van der Waals surface area contributed by atoms with Crippen LogP contribution in [0.25, 0.3) is 0 Å². The van der Waals surface area contributed by atoms with Crippen molar-refractivity contribution in [3.8, 4) is 0 Å². The van der Waals surface area contributed by atoms with E-state index in [-0.39, 0.29) is 17.5 Å². The van der Waals surface area contributed by atoms with Crippen molar-refractivity contribution in [3.05, 3.63) is 59.2 Å². The van der Waals surface area contributed by atoms with Gasteiger partial charge in [-0.25, -0.2) is 9.99 Å². The van der Waals surface area contributed by atoms with Crippen LogP contribution in [-0.4, -0.2) is 44.9 Å². The predicted molar refractivity (Wildman–Crippen MR) is 96.1 cm³/mol. The van der Waals surface area contributed by atoms with Crippen LogP contribution in [0.3, 0.4) is 0 Å². The number of benzene rings is 1. The summed E-state index contributed by atoms with van der Waals surface area (Å²) in [4.78, 5) is 33.9. The number of nitrogens with zero attached hydrogens (tertiary/aromatic N) is 4. The van der Waals surface area contributed by atoms with Crippen LogP contribution in [0.5, 0.6) is 0 Å². The summed E-state index contributed by atoms with van der Waals surface area (Å²) < 4.78 is 0. The van der Waals surface area contributed by atoms with E-state index in [1.807, 2.05) is 19.1 Å². The summed E-state index contributed by atoms with van der Waals surface area (Å²) in [5.74, 6) is 0.0865. The maximum atomic E-state index is 12.8. The lowest BCUT2D eigenvalue weighted by atomic mass is 10.0. The first kappa shape index (κ1) is 16.7. The Bertz CT molecular complexity index is 809. The Morgan fingerprint density at radius 2 is 1.73 bits per heavy atom. The second-order valence-corrected chi connectivity index (χ2v) is 7.09. The second kappa shape index (κ2) is 6.86. The summed E-state index contributed by atoms with van der Waals surface area (Å²) in [5.41, 5.74) is 3.73. The highest BCUT2D eigenvalue weighted by Crippen LogP contribution is 2.29. The summed E-state index contributed by atoms with van der Waals surface area (Å²) in [5, 5.41) is 3.14. The maximum absolute atomic E-state index is 12.8. The van der Waals surface area contributed by atoms with Crippen LogP contribution >= 0.6 is 0 Å². The molecule has 4 rings (SSSR count). The number of aryl methyl sites for hydroxylation is 1. The van der Waals surface area contributed by atoms with Gasteiger partial charge in [0.15, 0.2) is 0 Å². The molecule has 1 aromatic carbocycles. The van der Waals surface area contributed by atoms with Gasteiger partial charge in [-0.1, -0.05) is 24.3 Å². The zero-order valence-corrected chi connectivity index (χ0v) is 14.9. The van der Waals surface area contributed by atoms with Crippen LogP contribution in [0.15, 0.2) is 36.7 Å². The first-order chi connectivity index (χ1) is 12.6. The molecule has 26 heavy (non-hydrogen) atoms. The van der Waals surface area contributed by atoms with Crippen LogP contribution < -0.4 is 0 Å². The smallest absolute Gasteiger partial charge is 0.273 e. The molecule has 1 aliphatic carbocycles. The monoisotopic (exact) mass is 350 g/mol. The fourth-order valence-electron chi connectivity index (χ4n) is 3.86. The molecule has 6 nitrogen and oxygen atoms in total. The normalized spacial score (nSPS) is 16.8. The summed E-state index contributed by atoms with van der Waals surface area (Å²) in [7, 11) is 0. The molecule has 2 heterocycles. The van der Waals surface area contributed by atoms with Gasteiger partial charge < -0.3 is 0 Å². The fraction of sp³-hybridized carbons (Fsp3) is 0.400. The first-order valence-corrected chi connectivity index (χ1v) is 9.09. The Balaban J connectivity index is 1.42. The lowest BCUT2D eigenvalue weighted by Gasteiger charge is -2.28. The molecule has 0 bridgehead atoms. The molecule has 2 amide bonds. The van der Waals surface area contributed by atoms with Gasteiger partial charge in [0.25, 0.3) is 5.91 Å². The highest BCUT2D eigenvalue weighted by Gasteiger charge is 2.34.